The normalized spacial score (nSPS) is 11.8. The number of rotatable bonds is 7. The Hall–Kier alpha value is -3.20. The summed E-state index contributed by atoms with van der Waals surface area (Å²) in [6.07, 6.45) is 0.815. The molecule has 9 heteroatoms. The third-order valence-electron chi connectivity index (χ3n) is 5.76. The zero-order chi connectivity index (χ0) is 22.3. The third kappa shape index (κ3) is 3.48. The summed E-state index contributed by atoms with van der Waals surface area (Å²) in [6.45, 7) is 7.96. The molecule has 0 atom stereocenters. The van der Waals surface area contributed by atoms with Gasteiger partial charge in [0.05, 0.1) is 6.54 Å². The molecule has 0 saturated carbocycles. The average Bonchev–Trinajstić information content (AvgIpc) is 3.25. The van der Waals surface area contributed by atoms with E-state index in [0.29, 0.717) is 42.3 Å². The second-order valence-electron chi connectivity index (χ2n) is 7.65. The van der Waals surface area contributed by atoms with Crippen LogP contribution in [0.5, 0.6) is 0 Å². The van der Waals surface area contributed by atoms with Gasteiger partial charge in [0, 0.05) is 38.2 Å². The number of aryl methyl sites for hydroxylation is 3. The minimum atomic E-state index is -0.458. The first-order valence-electron chi connectivity index (χ1n) is 10.3. The molecule has 0 aliphatic rings. The van der Waals surface area contributed by atoms with E-state index in [2.05, 4.69) is 9.55 Å². The summed E-state index contributed by atoms with van der Waals surface area (Å²) < 4.78 is 25.1. The van der Waals surface area contributed by atoms with Crippen LogP contribution < -0.4 is 11.2 Å². The van der Waals surface area contributed by atoms with Crippen molar-refractivity contribution in [3.63, 3.8) is 0 Å². The van der Waals surface area contributed by atoms with Crippen LogP contribution in [0.2, 0.25) is 0 Å². The molecule has 0 spiro atoms. The van der Waals surface area contributed by atoms with Crippen LogP contribution in [0.3, 0.4) is 0 Å². The van der Waals surface area contributed by atoms with Crippen LogP contribution in [0.4, 0.5) is 4.39 Å². The summed E-state index contributed by atoms with van der Waals surface area (Å²) in [5.41, 5.74) is 2.43. The molecule has 164 valence electrons. The van der Waals surface area contributed by atoms with Gasteiger partial charge in [0.1, 0.15) is 5.82 Å². The molecule has 8 nitrogen and oxygen atoms in total. The molecule has 0 fully saturated rings. The van der Waals surface area contributed by atoms with Gasteiger partial charge in [-0.2, -0.15) is 4.98 Å². The van der Waals surface area contributed by atoms with Crippen molar-refractivity contribution in [1.82, 2.24) is 23.1 Å². The second kappa shape index (κ2) is 8.14. The molecule has 0 amide bonds. The number of imidazole rings is 2. The Morgan fingerprint density at radius 1 is 1.06 bits per heavy atom. The Bertz CT molecular complexity index is 1380. The molecule has 0 saturated heterocycles. The molecule has 4 aromatic rings. The quantitative estimate of drug-likeness (QED) is 0.425. The van der Waals surface area contributed by atoms with E-state index >= 15 is 0 Å². The fourth-order valence-electron chi connectivity index (χ4n) is 3.96. The highest BCUT2D eigenvalue weighted by molar-refractivity contribution is 5.76. The minimum Gasteiger partial charge on any atom is -0.382 e. The van der Waals surface area contributed by atoms with Gasteiger partial charge < -0.3 is 9.30 Å². The zero-order valence-electron chi connectivity index (χ0n) is 18.2. The maximum atomic E-state index is 13.4. The smallest absolute Gasteiger partial charge is 0.332 e. The highest BCUT2D eigenvalue weighted by Gasteiger charge is 2.22. The molecular weight excluding hydrogens is 401 g/mol. The topological polar surface area (TPSA) is 75.5 Å². The van der Waals surface area contributed by atoms with Crippen molar-refractivity contribution in [1.29, 1.82) is 0 Å². The van der Waals surface area contributed by atoms with Crippen molar-refractivity contribution >= 4 is 16.9 Å². The molecule has 1 aromatic carbocycles. The van der Waals surface area contributed by atoms with Gasteiger partial charge in [-0.25, -0.2) is 9.18 Å². The fourth-order valence-corrected chi connectivity index (χ4v) is 3.96. The molecule has 4 rings (SSSR count). The van der Waals surface area contributed by atoms with Gasteiger partial charge in [-0.3, -0.25) is 18.3 Å². The van der Waals surface area contributed by atoms with Crippen molar-refractivity contribution in [3.05, 3.63) is 67.9 Å². The minimum absolute atomic E-state index is 0.0576. The van der Waals surface area contributed by atoms with Crippen molar-refractivity contribution < 1.29 is 9.13 Å². The lowest BCUT2D eigenvalue weighted by Gasteiger charge is -2.09. The van der Waals surface area contributed by atoms with E-state index < -0.39 is 11.2 Å². The van der Waals surface area contributed by atoms with Crippen LogP contribution in [-0.2, 0) is 24.9 Å². The molecule has 31 heavy (non-hydrogen) atoms. The lowest BCUT2D eigenvalue weighted by molar-refractivity contribution is 0.142. The summed E-state index contributed by atoms with van der Waals surface area (Å²) in [5, 5.41) is 0. The Balaban J connectivity index is 1.89. The molecule has 0 bridgehead atoms. The maximum Gasteiger partial charge on any atom is 0.332 e. The van der Waals surface area contributed by atoms with E-state index in [0.717, 1.165) is 17.8 Å². The molecule has 3 aromatic heterocycles. The number of benzene rings is 1. The third-order valence-corrected chi connectivity index (χ3v) is 5.76. The second-order valence-corrected chi connectivity index (χ2v) is 7.65. The zero-order valence-corrected chi connectivity index (χ0v) is 18.2. The Morgan fingerprint density at radius 2 is 1.77 bits per heavy atom. The monoisotopic (exact) mass is 427 g/mol. The summed E-state index contributed by atoms with van der Waals surface area (Å²) in [4.78, 5) is 31.0. The van der Waals surface area contributed by atoms with E-state index in [4.69, 9.17) is 4.74 Å². The molecule has 0 radical (unpaired) electrons. The maximum absolute atomic E-state index is 13.4. The van der Waals surface area contributed by atoms with Gasteiger partial charge in [0.25, 0.3) is 5.56 Å². The van der Waals surface area contributed by atoms with Crippen molar-refractivity contribution in [3.8, 4) is 0 Å². The Labute approximate surface area is 178 Å². The average molecular weight is 427 g/mol. The summed E-state index contributed by atoms with van der Waals surface area (Å²) >= 11 is 0. The first kappa shape index (κ1) is 21.0. The number of fused-ring (bicyclic) bond motifs is 3. The molecule has 0 aliphatic carbocycles. The first-order chi connectivity index (χ1) is 14.8. The van der Waals surface area contributed by atoms with Crippen molar-refractivity contribution in [2.24, 2.45) is 7.05 Å². The number of ether oxygens (including phenoxy) is 1. The predicted molar refractivity (Wildman–Crippen MR) is 116 cm³/mol. The van der Waals surface area contributed by atoms with Gasteiger partial charge in [0.2, 0.25) is 5.78 Å². The SMILES string of the molecule is CCOCCCn1c(C)c(C)n2c3c(=O)n(Cc4ccc(F)cc4)c(=O)n(C)c3nc12. The molecular formula is C22H26FN5O3. The van der Waals surface area contributed by atoms with Crippen LogP contribution >= 0.6 is 0 Å². The summed E-state index contributed by atoms with van der Waals surface area (Å²) in [5.74, 6) is 0.266. The van der Waals surface area contributed by atoms with Crippen molar-refractivity contribution in [2.75, 3.05) is 13.2 Å². The predicted octanol–water partition coefficient (Wildman–Crippen LogP) is 2.38. The van der Waals surface area contributed by atoms with E-state index in [1.807, 2.05) is 25.2 Å². The van der Waals surface area contributed by atoms with Gasteiger partial charge >= 0.3 is 5.69 Å². The summed E-state index contributed by atoms with van der Waals surface area (Å²) in [7, 11) is 1.61. The van der Waals surface area contributed by atoms with E-state index in [1.165, 1.54) is 21.3 Å². The summed E-state index contributed by atoms with van der Waals surface area (Å²) in [6, 6.07) is 5.77. The number of halogens is 1. The number of hydrogen-bond acceptors (Lipinski definition) is 4. The van der Waals surface area contributed by atoms with Gasteiger partial charge in [-0.1, -0.05) is 12.1 Å². The van der Waals surface area contributed by atoms with Crippen LogP contribution in [0.25, 0.3) is 16.9 Å². The highest BCUT2D eigenvalue weighted by atomic mass is 19.1. The first-order valence-corrected chi connectivity index (χ1v) is 10.3. The van der Waals surface area contributed by atoms with E-state index in [9.17, 15) is 14.0 Å². The van der Waals surface area contributed by atoms with E-state index in [1.54, 1.807) is 19.2 Å². The lowest BCUT2D eigenvalue weighted by atomic mass is 10.2. The molecule has 3 heterocycles. The number of hydrogen-bond donors (Lipinski definition) is 0. The largest absolute Gasteiger partial charge is 0.382 e. The molecule has 0 N–H and O–H groups in total. The number of nitrogens with zero attached hydrogens (tertiary/aromatic N) is 5. The van der Waals surface area contributed by atoms with Crippen molar-refractivity contribution in [2.45, 2.75) is 40.3 Å². The molecule has 0 unspecified atom stereocenters. The van der Waals surface area contributed by atoms with Crippen LogP contribution in [0.15, 0.2) is 33.9 Å². The standard InChI is InChI=1S/C22H26FN5O3/c1-5-31-12-6-11-26-14(2)15(3)28-18-19(24-21(26)28)25(4)22(30)27(20(18)29)13-16-7-9-17(23)10-8-16/h7-10H,5-6,11-13H2,1-4H3. The van der Waals surface area contributed by atoms with Gasteiger partial charge in [0.15, 0.2) is 11.2 Å². The van der Waals surface area contributed by atoms with Gasteiger partial charge in [-0.15, -0.1) is 0 Å². The number of aromatic nitrogens is 5. The van der Waals surface area contributed by atoms with Gasteiger partial charge in [-0.05, 0) is 44.9 Å². The van der Waals surface area contributed by atoms with Crippen LogP contribution in [0, 0.1) is 19.7 Å². The Kier molecular flexibility index (Phi) is 5.53. The highest BCUT2D eigenvalue weighted by Crippen LogP contribution is 2.21. The fraction of sp³-hybridized carbons (Fsp3) is 0.409. The lowest BCUT2D eigenvalue weighted by Crippen LogP contribution is -2.39. The van der Waals surface area contributed by atoms with Crippen LogP contribution in [-0.4, -0.2) is 36.3 Å². The van der Waals surface area contributed by atoms with Crippen LogP contribution in [0.1, 0.15) is 30.3 Å². The molecule has 0 aliphatic heterocycles. The Morgan fingerprint density at radius 3 is 2.45 bits per heavy atom. The van der Waals surface area contributed by atoms with E-state index in [-0.39, 0.29) is 12.4 Å².